The molecule has 0 saturated carbocycles. The van der Waals surface area contributed by atoms with E-state index in [1.54, 1.807) is 0 Å². The summed E-state index contributed by atoms with van der Waals surface area (Å²) in [5, 5.41) is 0. The second kappa shape index (κ2) is 46.3. The van der Waals surface area contributed by atoms with Crippen LogP contribution in [0.15, 0.2) is 60.8 Å². The maximum Gasteiger partial charge on any atom is 0.469 e. The van der Waals surface area contributed by atoms with Crippen molar-refractivity contribution < 1.29 is 37.9 Å². The van der Waals surface area contributed by atoms with Gasteiger partial charge in [0, 0.05) is 12.8 Å². The number of rotatable bonds is 45. The van der Waals surface area contributed by atoms with Crippen molar-refractivity contribution in [3.05, 3.63) is 60.8 Å². The molecule has 9 heteroatoms. The average Bonchev–Trinajstić information content (AvgIpc) is 3.22. The zero-order valence-corrected chi connectivity index (χ0v) is 39.5. The first-order chi connectivity index (χ1) is 29.3. The second-order valence-electron chi connectivity index (χ2n) is 16.4. The Kier molecular flexibility index (Phi) is 44.5. The quantitative estimate of drug-likeness (QED) is 0.0269. The molecule has 0 saturated heterocycles. The van der Waals surface area contributed by atoms with Gasteiger partial charge in [-0.15, -0.1) is 0 Å². The molecule has 0 bridgehead atoms. The van der Waals surface area contributed by atoms with E-state index in [9.17, 15) is 14.2 Å². The van der Waals surface area contributed by atoms with Gasteiger partial charge in [-0.3, -0.25) is 14.1 Å². The molecule has 0 aliphatic heterocycles. The SMILES string of the molecule is CC/C=C/C/C=C/C/C=C/C/C=C/C/C=C/CCCCCC(=O)OC[C@H](COP(=O)(O)O)OC(=O)CCCCCCCCCCCCCCCCCCCCCCCCC. The number of unbranched alkanes of at least 4 members (excludes halogenated alkanes) is 25. The number of phosphoric ester groups is 1. The van der Waals surface area contributed by atoms with E-state index in [-0.39, 0.29) is 19.4 Å². The number of phosphoric acid groups is 1. The predicted octanol–water partition coefficient (Wildman–Crippen LogP) is 15.6. The normalized spacial score (nSPS) is 12.9. The Morgan fingerprint density at radius 1 is 0.450 bits per heavy atom. The summed E-state index contributed by atoms with van der Waals surface area (Å²) < 4.78 is 26.5. The first-order valence-electron chi connectivity index (χ1n) is 24.6. The Hall–Kier alpha value is -2.25. The summed E-state index contributed by atoms with van der Waals surface area (Å²) in [6.07, 6.45) is 59.6. The molecule has 0 aliphatic rings. The van der Waals surface area contributed by atoms with Gasteiger partial charge in [-0.1, -0.05) is 222 Å². The Labute approximate surface area is 368 Å². The van der Waals surface area contributed by atoms with Crippen molar-refractivity contribution in [2.24, 2.45) is 0 Å². The molecule has 60 heavy (non-hydrogen) atoms. The standard InChI is InChI=1S/C51H91O8P/c1-3-5-7-9-11-13-15-17-19-21-23-24-25-26-28-30-32-34-36-38-40-42-44-46-51(53)59-49(48-58-60(54,55)56)47-57-50(52)45-43-41-39-37-35-33-31-29-27-22-20-18-16-14-12-10-8-6-4-2/h6,8,12,14,18,20,27,29,33,35,49H,3-5,7,9-11,13,15-17,19,21-26,28,30-32,34,36-48H2,1-2H3,(H2,54,55,56)/b8-6+,14-12+,20-18+,29-27+,35-33+/t49-/m1/s1. The van der Waals surface area contributed by atoms with Crippen LogP contribution in [0, 0.1) is 0 Å². The van der Waals surface area contributed by atoms with Crippen LogP contribution in [0.4, 0.5) is 0 Å². The molecule has 0 unspecified atom stereocenters. The molecule has 0 aromatic carbocycles. The predicted molar refractivity (Wildman–Crippen MR) is 253 cm³/mol. The minimum absolute atomic E-state index is 0.206. The van der Waals surface area contributed by atoms with Gasteiger partial charge in [0.1, 0.15) is 6.61 Å². The van der Waals surface area contributed by atoms with Crippen LogP contribution >= 0.6 is 7.82 Å². The summed E-state index contributed by atoms with van der Waals surface area (Å²) in [5.74, 6) is -0.916. The smallest absolute Gasteiger partial charge is 0.462 e. The van der Waals surface area contributed by atoms with Crippen LogP contribution in [0.1, 0.15) is 232 Å². The average molecular weight is 863 g/mol. The van der Waals surface area contributed by atoms with Gasteiger partial charge < -0.3 is 19.3 Å². The van der Waals surface area contributed by atoms with Crippen molar-refractivity contribution in [2.75, 3.05) is 13.2 Å². The summed E-state index contributed by atoms with van der Waals surface area (Å²) in [6.45, 7) is 3.58. The van der Waals surface area contributed by atoms with Crippen molar-refractivity contribution in [1.82, 2.24) is 0 Å². The fourth-order valence-corrected chi connectivity index (χ4v) is 7.29. The minimum atomic E-state index is -4.77. The number of carbonyl (C=O) groups is 2. The van der Waals surface area contributed by atoms with Crippen LogP contribution in [-0.2, 0) is 28.2 Å². The Bertz CT molecular complexity index is 1150. The van der Waals surface area contributed by atoms with Gasteiger partial charge in [0.05, 0.1) is 6.61 Å². The molecule has 0 aliphatic carbocycles. The lowest BCUT2D eigenvalue weighted by atomic mass is 10.0. The van der Waals surface area contributed by atoms with Crippen LogP contribution in [0.5, 0.6) is 0 Å². The summed E-state index contributed by atoms with van der Waals surface area (Å²) in [6, 6.07) is 0. The number of hydrogen-bond acceptors (Lipinski definition) is 6. The van der Waals surface area contributed by atoms with Crippen molar-refractivity contribution in [3.63, 3.8) is 0 Å². The second-order valence-corrected chi connectivity index (χ2v) is 17.7. The van der Waals surface area contributed by atoms with Crippen molar-refractivity contribution in [3.8, 4) is 0 Å². The number of esters is 2. The molecule has 2 N–H and O–H groups in total. The Morgan fingerprint density at radius 3 is 1.20 bits per heavy atom. The van der Waals surface area contributed by atoms with Gasteiger partial charge in [-0.05, 0) is 57.8 Å². The summed E-state index contributed by atoms with van der Waals surface area (Å²) in [5.41, 5.74) is 0. The van der Waals surface area contributed by atoms with Gasteiger partial charge in [0.25, 0.3) is 0 Å². The summed E-state index contributed by atoms with van der Waals surface area (Å²) in [7, 11) is -4.77. The largest absolute Gasteiger partial charge is 0.469 e. The molecular weight excluding hydrogens is 772 g/mol. The summed E-state index contributed by atoms with van der Waals surface area (Å²) >= 11 is 0. The van der Waals surface area contributed by atoms with E-state index < -0.39 is 32.5 Å². The van der Waals surface area contributed by atoms with E-state index >= 15 is 0 Å². The summed E-state index contributed by atoms with van der Waals surface area (Å²) in [4.78, 5) is 43.0. The van der Waals surface area contributed by atoms with E-state index in [1.807, 2.05) is 0 Å². The zero-order valence-electron chi connectivity index (χ0n) is 38.6. The highest BCUT2D eigenvalue weighted by atomic mass is 31.2. The van der Waals surface area contributed by atoms with Crippen LogP contribution < -0.4 is 0 Å². The van der Waals surface area contributed by atoms with E-state index in [1.165, 1.54) is 122 Å². The van der Waals surface area contributed by atoms with Gasteiger partial charge in [0.15, 0.2) is 6.10 Å². The van der Waals surface area contributed by atoms with Crippen molar-refractivity contribution in [2.45, 2.75) is 238 Å². The first kappa shape index (κ1) is 57.8. The molecule has 0 heterocycles. The third-order valence-corrected chi connectivity index (χ3v) is 11.0. The number of allylic oxidation sites excluding steroid dienone is 10. The number of ether oxygens (including phenoxy) is 2. The molecule has 0 rings (SSSR count). The lowest BCUT2D eigenvalue weighted by molar-refractivity contribution is -0.161. The molecule has 1 atom stereocenters. The first-order valence-corrected chi connectivity index (χ1v) is 26.1. The van der Waals surface area contributed by atoms with Gasteiger partial charge in [-0.2, -0.15) is 0 Å². The number of hydrogen-bond donors (Lipinski definition) is 2. The van der Waals surface area contributed by atoms with E-state index in [0.717, 1.165) is 70.6 Å². The molecule has 0 spiro atoms. The topological polar surface area (TPSA) is 119 Å². The molecule has 0 amide bonds. The third kappa shape index (κ3) is 48.4. The number of carbonyl (C=O) groups excluding carboxylic acids is 2. The monoisotopic (exact) mass is 863 g/mol. The van der Waals surface area contributed by atoms with Gasteiger partial charge in [0.2, 0.25) is 0 Å². The molecule has 0 fully saturated rings. The minimum Gasteiger partial charge on any atom is -0.462 e. The van der Waals surface area contributed by atoms with Gasteiger partial charge in [-0.25, -0.2) is 4.57 Å². The lowest BCUT2D eigenvalue weighted by Crippen LogP contribution is -2.29. The van der Waals surface area contributed by atoms with E-state index in [4.69, 9.17) is 19.3 Å². The fraction of sp³-hybridized carbons (Fsp3) is 0.765. The molecule has 8 nitrogen and oxygen atoms in total. The Balaban J connectivity index is 3.87. The lowest BCUT2D eigenvalue weighted by Gasteiger charge is -2.18. The van der Waals surface area contributed by atoms with Crippen LogP contribution in [-0.4, -0.2) is 41.0 Å². The van der Waals surface area contributed by atoms with E-state index in [0.29, 0.717) is 12.8 Å². The van der Waals surface area contributed by atoms with Crippen LogP contribution in [0.3, 0.4) is 0 Å². The highest BCUT2D eigenvalue weighted by Gasteiger charge is 2.23. The van der Waals surface area contributed by atoms with Crippen LogP contribution in [0.2, 0.25) is 0 Å². The fourth-order valence-electron chi connectivity index (χ4n) is 6.93. The molecular formula is C51H91O8P. The van der Waals surface area contributed by atoms with Crippen molar-refractivity contribution >= 4 is 19.8 Å². The maximum atomic E-state index is 12.5. The molecule has 0 aromatic rings. The van der Waals surface area contributed by atoms with E-state index in [2.05, 4.69) is 79.1 Å². The molecule has 348 valence electrons. The van der Waals surface area contributed by atoms with Crippen molar-refractivity contribution in [1.29, 1.82) is 0 Å². The van der Waals surface area contributed by atoms with Crippen LogP contribution in [0.25, 0.3) is 0 Å². The molecule has 0 radical (unpaired) electrons. The Morgan fingerprint density at radius 2 is 0.800 bits per heavy atom. The third-order valence-electron chi connectivity index (χ3n) is 10.6. The maximum absolute atomic E-state index is 12.5. The zero-order chi connectivity index (χ0) is 43.9. The molecule has 0 aromatic heterocycles. The highest BCUT2D eigenvalue weighted by molar-refractivity contribution is 7.46. The highest BCUT2D eigenvalue weighted by Crippen LogP contribution is 2.36. The van der Waals surface area contributed by atoms with Gasteiger partial charge >= 0.3 is 19.8 Å².